The van der Waals surface area contributed by atoms with Gasteiger partial charge in [0.15, 0.2) is 9.84 Å². The first kappa shape index (κ1) is 17.0. The first-order valence-electron chi connectivity index (χ1n) is 8.46. The molecule has 2 aromatic rings. The predicted octanol–water partition coefficient (Wildman–Crippen LogP) is 0.523. The summed E-state index contributed by atoms with van der Waals surface area (Å²) in [6.45, 7) is 0.654. The summed E-state index contributed by atoms with van der Waals surface area (Å²) in [4.78, 5) is 22.2. The molecule has 0 N–H and O–H groups in total. The minimum Gasteiger partial charge on any atom is -0.463 e. The zero-order chi connectivity index (χ0) is 18.4. The number of hydrogen-bond donors (Lipinski definition) is 0. The van der Waals surface area contributed by atoms with Gasteiger partial charge >= 0.3 is 6.01 Å². The number of ether oxygens (including phenoxy) is 1. The summed E-state index contributed by atoms with van der Waals surface area (Å²) in [6.07, 6.45) is 5.48. The topological polar surface area (TPSA) is 94.4 Å². The van der Waals surface area contributed by atoms with Gasteiger partial charge in [-0.05, 0) is 24.6 Å². The Morgan fingerprint density at radius 3 is 2.69 bits per heavy atom. The quantitative estimate of drug-likeness (QED) is 0.772. The largest absolute Gasteiger partial charge is 0.463 e. The van der Waals surface area contributed by atoms with Gasteiger partial charge in [0, 0.05) is 44.6 Å². The molecule has 2 aromatic heterocycles. The highest BCUT2D eigenvalue weighted by Gasteiger charge is 2.62. The van der Waals surface area contributed by atoms with Crippen LogP contribution < -0.4 is 4.74 Å². The van der Waals surface area contributed by atoms with Gasteiger partial charge in [-0.15, -0.1) is 0 Å². The molecule has 1 unspecified atom stereocenters. The molecule has 2 fully saturated rings. The third-order valence-corrected chi connectivity index (χ3v) is 8.02. The van der Waals surface area contributed by atoms with Crippen LogP contribution in [0.1, 0.15) is 16.9 Å². The first-order chi connectivity index (χ1) is 12.4. The average molecular weight is 376 g/mol. The predicted molar refractivity (Wildman–Crippen MR) is 93.5 cm³/mol. The fourth-order valence-electron chi connectivity index (χ4n) is 3.83. The van der Waals surface area contributed by atoms with Crippen molar-refractivity contribution in [3.05, 3.63) is 42.5 Å². The molecule has 0 radical (unpaired) electrons. The van der Waals surface area contributed by atoms with Crippen LogP contribution in [0, 0.1) is 5.92 Å². The maximum Gasteiger partial charge on any atom is 0.316 e. The Morgan fingerprint density at radius 1 is 1.31 bits per heavy atom. The van der Waals surface area contributed by atoms with Crippen molar-refractivity contribution in [2.45, 2.75) is 11.2 Å². The van der Waals surface area contributed by atoms with E-state index in [1.54, 1.807) is 53.3 Å². The summed E-state index contributed by atoms with van der Waals surface area (Å²) in [6, 6.07) is 5.46. The van der Waals surface area contributed by atoms with E-state index in [0.29, 0.717) is 12.1 Å². The van der Waals surface area contributed by atoms with Crippen LogP contribution in [-0.2, 0) is 16.9 Å². The molecule has 26 heavy (non-hydrogen) atoms. The summed E-state index contributed by atoms with van der Waals surface area (Å²) in [5.74, 6) is -0.187. The molecule has 9 heteroatoms. The molecule has 2 aliphatic heterocycles. The van der Waals surface area contributed by atoms with Gasteiger partial charge < -0.3 is 14.2 Å². The standard InChI is InChI=1S/C17H20N4O4S/c1-20-8-2-4-14(20)15(22)21-11-17(12-21)13(5-9-26(17,23)24)10-25-16-18-6-3-7-19-16/h2-4,6-8,13H,5,9-12H2,1H3. The van der Waals surface area contributed by atoms with E-state index < -0.39 is 14.6 Å². The molecule has 8 nitrogen and oxygen atoms in total. The summed E-state index contributed by atoms with van der Waals surface area (Å²) < 4.78 is 31.8. The summed E-state index contributed by atoms with van der Waals surface area (Å²) in [5, 5.41) is 0. The van der Waals surface area contributed by atoms with Crippen LogP contribution in [0.15, 0.2) is 36.8 Å². The third-order valence-electron chi connectivity index (χ3n) is 5.42. The fraction of sp³-hybridized carbons (Fsp3) is 0.471. The van der Waals surface area contributed by atoms with E-state index in [9.17, 15) is 13.2 Å². The van der Waals surface area contributed by atoms with Crippen LogP contribution in [0.5, 0.6) is 6.01 Å². The minimum absolute atomic E-state index is 0.128. The van der Waals surface area contributed by atoms with Crippen molar-refractivity contribution in [1.82, 2.24) is 19.4 Å². The molecule has 1 atom stereocenters. The lowest BCUT2D eigenvalue weighted by Gasteiger charge is -2.49. The number of aromatic nitrogens is 3. The van der Waals surface area contributed by atoms with Crippen LogP contribution in [0.25, 0.3) is 0 Å². The van der Waals surface area contributed by atoms with E-state index in [1.807, 2.05) is 0 Å². The van der Waals surface area contributed by atoms with E-state index in [1.165, 1.54) is 0 Å². The van der Waals surface area contributed by atoms with E-state index in [0.717, 1.165) is 0 Å². The Bertz CT molecular complexity index is 919. The molecule has 2 aliphatic rings. The summed E-state index contributed by atoms with van der Waals surface area (Å²) >= 11 is 0. The van der Waals surface area contributed by atoms with Gasteiger partial charge in [0.05, 0.1) is 12.4 Å². The van der Waals surface area contributed by atoms with Crippen molar-refractivity contribution in [3.63, 3.8) is 0 Å². The van der Waals surface area contributed by atoms with E-state index >= 15 is 0 Å². The Kier molecular flexibility index (Phi) is 3.98. The summed E-state index contributed by atoms with van der Waals surface area (Å²) in [7, 11) is -1.47. The summed E-state index contributed by atoms with van der Waals surface area (Å²) in [5.41, 5.74) is 0.556. The SMILES string of the molecule is Cn1cccc1C(=O)N1CC2(C1)C(COc1ncccn1)CCS2(=O)=O. The number of aryl methyl sites for hydroxylation is 1. The Morgan fingerprint density at radius 2 is 2.04 bits per heavy atom. The average Bonchev–Trinajstić information content (AvgIpc) is 3.12. The van der Waals surface area contributed by atoms with Crippen LogP contribution in [0.2, 0.25) is 0 Å². The van der Waals surface area contributed by atoms with Crippen molar-refractivity contribution in [2.75, 3.05) is 25.4 Å². The molecule has 138 valence electrons. The molecule has 1 amide bonds. The highest BCUT2D eigenvalue weighted by atomic mass is 32.2. The molecule has 4 heterocycles. The van der Waals surface area contributed by atoms with Gasteiger partial charge in [0.25, 0.3) is 5.91 Å². The van der Waals surface area contributed by atoms with Gasteiger partial charge in [-0.3, -0.25) is 4.79 Å². The number of nitrogens with zero attached hydrogens (tertiary/aromatic N) is 4. The molecule has 2 saturated heterocycles. The number of rotatable bonds is 4. The van der Waals surface area contributed by atoms with Gasteiger partial charge in [0.1, 0.15) is 10.4 Å². The van der Waals surface area contributed by atoms with Crippen LogP contribution in [0.3, 0.4) is 0 Å². The molecule has 4 rings (SSSR count). The Hall–Kier alpha value is -2.42. The fourth-order valence-corrected chi connectivity index (χ4v) is 6.23. The second kappa shape index (κ2) is 6.08. The Labute approximate surface area is 151 Å². The highest BCUT2D eigenvalue weighted by Crippen LogP contribution is 2.45. The maximum atomic E-state index is 12.7. The minimum atomic E-state index is -3.27. The molecule has 1 spiro atoms. The van der Waals surface area contributed by atoms with Crippen molar-refractivity contribution in [2.24, 2.45) is 13.0 Å². The molecular weight excluding hydrogens is 356 g/mol. The number of carbonyl (C=O) groups is 1. The van der Waals surface area contributed by atoms with Gasteiger partial charge in [-0.25, -0.2) is 18.4 Å². The van der Waals surface area contributed by atoms with Crippen molar-refractivity contribution >= 4 is 15.7 Å². The molecular formula is C17H20N4O4S. The molecule has 0 aliphatic carbocycles. The number of carbonyl (C=O) groups excluding carboxylic acids is 1. The van der Waals surface area contributed by atoms with E-state index in [4.69, 9.17) is 4.74 Å². The monoisotopic (exact) mass is 376 g/mol. The molecule has 0 bridgehead atoms. The van der Waals surface area contributed by atoms with Crippen LogP contribution in [0.4, 0.5) is 0 Å². The van der Waals surface area contributed by atoms with Crippen LogP contribution >= 0.6 is 0 Å². The van der Waals surface area contributed by atoms with E-state index in [2.05, 4.69) is 9.97 Å². The highest BCUT2D eigenvalue weighted by molar-refractivity contribution is 7.93. The number of hydrogen-bond acceptors (Lipinski definition) is 6. The van der Waals surface area contributed by atoms with Crippen molar-refractivity contribution < 1.29 is 17.9 Å². The second-order valence-corrected chi connectivity index (χ2v) is 9.33. The van der Waals surface area contributed by atoms with Crippen molar-refractivity contribution in [3.8, 4) is 6.01 Å². The smallest absolute Gasteiger partial charge is 0.316 e. The third kappa shape index (κ3) is 2.57. The number of sulfone groups is 1. The first-order valence-corrected chi connectivity index (χ1v) is 10.1. The maximum absolute atomic E-state index is 12.7. The molecule has 0 aromatic carbocycles. The lowest BCUT2D eigenvalue weighted by molar-refractivity contribution is 0.0395. The van der Waals surface area contributed by atoms with E-state index in [-0.39, 0.29) is 43.3 Å². The zero-order valence-corrected chi connectivity index (χ0v) is 15.2. The van der Waals surface area contributed by atoms with Gasteiger partial charge in [-0.2, -0.15) is 0 Å². The van der Waals surface area contributed by atoms with Gasteiger partial charge in [-0.1, -0.05) is 0 Å². The normalized spacial score (nSPS) is 23.0. The van der Waals surface area contributed by atoms with Crippen LogP contribution in [-0.4, -0.2) is 64.0 Å². The second-order valence-electron chi connectivity index (χ2n) is 6.88. The zero-order valence-electron chi connectivity index (χ0n) is 14.4. The lowest BCUT2D eigenvalue weighted by Crippen LogP contribution is -2.69. The number of likely N-dealkylation sites (tertiary alicyclic amines) is 1. The number of amides is 1. The van der Waals surface area contributed by atoms with Crippen molar-refractivity contribution in [1.29, 1.82) is 0 Å². The lowest BCUT2D eigenvalue weighted by atomic mass is 9.83. The van der Waals surface area contributed by atoms with Gasteiger partial charge in [0.2, 0.25) is 0 Å². The molecule has 0 saturated carbocycles. The Balaban J connectivity index is 1.48.